The number of rotatable bonds is 4. The molecule has 1 amide bonds. The van der Waals surface area contributed by atoms with Crippen LogP contribution in [0.1, 0.15) is 35.3 Å². The van der Waals surface area contributed by atoms with Crippen molar-refractivity contribution < 1.29 is 4.79 Å². The molecule has 0 radical (unpaired) electrons. The molecule has 1 aromatic heterocycles. The number of aromatic nitrogens is 2. The molecule has 5 nitrogen and oxygen atoms in total. The molecule has 1 saturated heterocycles. The van der Waals surface area contributed by atoms with Gasteiger partial charge in [-0.25, -0.2) is 4.68 Å². The normalized spacial score (nSPS) is 14.2. The second-order valence-corrected chi connectivity index (χ2v) is 8.60. The molecule has 0 bridgehead atoms. The Morgan fingerprint density at radius 3 is 2.30 bits per heavy atom. The minimum absolute atomic E-state index is 0.200. The predicted molar refractivity (Wildman–Crippen MR) is 123 cm³/mol. The first-order valence-corrected chi connectivity index (χ1v) is 10.9. The van der Waals surface area contributed by atoms with Gasteiger partial charge in [0.25, 0.3) is 5.91 Å². The van der Waals surface area contributed by atoms with Crippen LogP contribution < -0.4 is 10.6 Å². The largest absolute Gasteiger partial charge is 0.369 e. The molecule has 2 heterocycles. The molecule has 0 atom stereocenters. The molecule has 2 N–H and O–H groups in total. The summed E-state index contributed by atoms with van der Waals surface area (Å²) < 4.78 is 1.67. The summed E-state index contributed by atoms with van der Waals surface area (Å²) in [7, 11) is 0. The average Bonchev–Trinajstić information content (AvgIpc) is 3.07. The number of benzene rings is 2. The van der Waals surface area contributed by atoms with E-state index < -0.39 is 5.91 Å². The Balaban J connectivity index is 1.93. The van der Waals surface area contributed by atoms with Gasteiger partial charge in [0, 0.05) is 29.2 Å². The second kappa shape index (κ2) is 8.50. The van der Waals surface area contributed by atoms with Crippen LogP contribution in [0.5, 0.6) is 0 Å². The number of carbonyl (C=O) groups is 1. The highest BCUT2D eigenvalue weighted by Gasteiger charge is 2.25. The Morgan fingerprint density at radius 2 is 1.67 bits per heavy atom. The van der Waals surface area contributed by atoms with Crippen molar-refractivity contribution in [2.24, 2.45) is 5.73 Å². The summed E-state index contributed by atoms with van der Waals surface area (Å²) in [5, 5.41) is 6.23. The zero-order valence-corrected chi connectivity index (χ0v) is 18.7. The second-order valence-electron chi connectivity index (χ2n) is 7.38. The van der Waals surface area contributed by atoms with Gasteiger partial charge in [0.15, 0.2) is 5.69 Å². The van der Waals surface area contributed by atoms with Gasteiger partial charge < -0.3 is 10.6 Å². The van der Waals surface area contributed by atoms with Gasteiger partial charge in [0.2, 0.25) is 0 Å². The third-order valence-corrected chi connectivity index (χ3v) is 6.35. The number of piperidine rings is 1. The third-order valence-electron chi connectivity index (χ3n) is 5.42. The fraction of sp³-hybridized carbons (Fsp3) is 0.273. The van der Waals surface area contributed by atoms with Gasteiger partial charge >= 0.3 is 0 Å². The van der Waals surface area contributed by atoms with Crippen LogP contribution in [0.25, 0.3) is 16.9 Å². The lowest BCUT2D eigenvalue weighted by Crippen LogP contribution is -2.30. The molecule has 2 aromatic carbocycles. The Labute approximate surface area is 190 Å². The number of primary amides is 1. The maximum Gasteiger partial charge on any atom is 0.269 e. The Morgan fingerprint density at radius 1 is 1.00 bits per heavy atom. The first-order valence-electron chi connectivity index (χ1n) is 9.77. The molecule has 8 heteroatoms. The van der Waals surface area contributed by atoms with Crippen LogP contribution in [0, 0.1) is 6.92 Å². The predicted octanol–water partition coefficient (Wildman–Crippen LogP) is 5.90. The zero-order chi connectivity index (χ0) is 21.4. The summed E-state index contributed by atoms with van der Waals surface area (Å²) in [6, 6.07) is 11.0. The maximum atomic E-state index is 12.0. The van der Waals surface area contributed by atoms with Crippen molar-refractivity contribution >= 4 is 46.4 Å². The molecule has 1 aliphatic rings. The van der Waals surface area contributed by atoms with Gasteiger partial charge in [-0.3, -0.25) is 4.79 Å². The summed E-state index contributed by atoms with van der Waals surface area (Å²) in [6.07, 6.45) is 3.39. The van der Waals surface area contributed by atoms with Crippen molar-refractivity contribution in [1.82, 2.24) is 9.78 Å². The number of carbonyl (C=O) groups excluding carboxylic acids is 1. The van der Waals surface area contributed by atoms with Gasteiger partial charge in [-0.1, -0.05) is 46.9 Å². The topological polar surface area (TPSA) is 64.2 Å². The lowest BCUT2D eigenvalue weighted by atomic mass is 10.1. The lowest BCUT2D eigenvalue weighted by Gasteiger charge is -2.31. The van der Waals surface area contributed by atoms with Crippen LogP contribution in [-0.4, -0.2) is 28.8 Å². The molecule has 4 rings (SSSR count). The first-order chi connectivity index (χ1) is 14.4. The fourth-order valence-corrected chi connectivity index (χ4v) is 4.77. The van der Waals surface area contributed by atoms with Crippen molar-refractivity contribution in [3.63, 3.8) is 0 Å². The van der Waals surface area contributed by atoms with E-state index in [0.29, 0.717) is 26.3 Å². The molecule has 156 valence electrons. The smallest absolute Gasteiger partial charge is 0.269 e. The van der Waals surface area contributed by atoms with Gasteiger partial charge in [-0.05, 0) is 50.5 Å². The summed E-state index contributed by atoms with van der Waals surface area (Å²) >= 11 is 19.5. The molecule has 1 aliphatic heterocycles. The minimum atomic E-state index is -0.595. The van der Waals surface area contributed by atoms with E-state index in [2.05, 4.69) is 10.00 Å². The van der Waals surface area contributed by atoms with Crippen molar-refractivity contribution in [3.05, 3.63) is 62.7 Å². The molecule has 3 aromatic rings. The van der Waals surface area contributed by atoms with Crippen LogP contribution in [0.4, 0.5) is 5.69 Å². The molecule has 0 aliphatic carbocycles. The van der Waals surface area contributed by atoms with E-state index in [0.717, 1.165) is 42.9 Å². The van der Waals surface area contributed by atoms with Gasteiger partial charge in [0.05, 0.1) is 27.1 Å². The first kappa shape index (κ1) is 21.0. The standard InChI is InChI=1S/C22H21Cl3N4O/c1-13-19(22(26)30)27-29(20(13)14-5-7-15(23)8-6-14)17-10-9-16(24)21(18(17)25)28-11-3-2-4-12-28/h5-10H,2-4,11-12H2,1H3,(H2,26,30). The van der Waals surface area contributed by atoms with Crippen LogP contribution in [0.3, 0.4) is 0 Å². The number of hydrogen-bond donors (Lipinski definition) is 1. The van der Waals surface area contributed by atoms with E-state index in [1.807, 2.05) is 31.2 Å². The number of halogens is 3. The Hall–Kier alpha value is -2.21. The summed E-state index contributed by atoms with van der Waals surface area (Å²) in [5.74, 6) is -0.595. The van der Waals surface area contributed by atoms with Gasteiger partial charge in [-0.2, -0.15) is 5.10 Å². The van der Waals surface area contributed by atoms with Crippen LogP contribution in [0.2, 0.25) is 15.1 Å². The summed E-state index contributed by atoms with van der Waals surface area (Å²) in [4.78, 5) is 14.2. The molecular weight excluding hydrogens is 443 g/mol. The number of nitrogens with two attached hydrogens (primary N) is 1. The van der Waals surface area contributed by atoms with Gasteiger partial charge in [0.1, 0.15) is 0 Å². The SMILES string of the molecule is Cc1c(C(N)=O)nn(-c2ccc(Cl)c(N3CCCCC3)c2Cl)c1-c1ccc(Cl)cc1. The molecule has 0 unspecified atom stereocenters. The van der Waals surface area contributed by atoms with Crippen molar-refractivity contribution in [1.29, 1.82) is 0 Å². The van der Waals surface area contributed by atoms with E-state index in [-0.39, 0.29) is 5.69 Å². The minimum Gasteiger partial charge on any atom is -0.369 e. The average molecular weight is 464 g/mol. The number of amides is 1. The van der Waals surface area contributed by atoms with Crippen LogP contribution in [-0.2, 0) is 0 Å². The molecule has 0 saturated carbocycles. The highest BCUT2D eigenvalue weighted by Crippen LogP contribution is 2.41. The van der Waals surface area contributed by atoms with Crippen LogP contribution >= 0.6 is 34.8 Å². The van der Waals surface area contributed by atoms with E-state index >= 15 is 0 Å². The Kier molecular flexibility index (Phi) is 5.96. The Bertz CT molecular complexity index is 1100. The zero-order valence-electron chi connectivity index (χ0n) is 16.5. The summed E-state index contributed by atoms with van der Waals surface area (Å²) in [6.45, 7) is 3.62. The molecule has 0 spiro atoms. The highest BCUT2D eigenvalue weighted by atomic mass is 35.5. The molecule has 30 heavy (non-hydrogen) atoms. The highest BCUT2D eigenvalue weighted by molar-refractivity contribution is 6.40. The third kappa shape index (κ3) is 3.78. The van der Waals surface area contributed by atoms with Crippen molar-refractivity contribution in [2.75, 3.05) is 18.0 Å². The van der Waals surface area contributed by atoms with E-state index in [1.165, 1.54) is 6.42 Å². The van der Waals surface area contributed by atoms with E-state index in [1.54, 1.807) is 16.8 Å². The maximum absolute atomic E-state index is 12.0. The van der Waals surface area contributed by atoms with E-state index in [9.17, 15) is 4.79 Å². The molecule has 1 fully saturated rings. The lowest BCUT2D eigenvalue weighted by molar-refractivity contribution is 0.0994. The quantitative estimate of drug-likeness (QED) is 0.524. The molecular formula is C22H21Cl3N4O. The summed E-state index contributed by atoms with van der Waals surface area (Å²) in [5.41, 5.74) is 9.48. The van der Waals surface area contributed by atoms with Crippen molar-refractivity contribution in [2.45, 2.75) is 26.2 Å². The number of hydrogen-bond acceptors (Lipinski definition) is 3. The fourth-order valence-electron chi connectivity index (χ4n) is 3.95. The number of anilines is 1. The van der Waals surface area contributed by atoms with Gasteiger partial charge in [-0.15, -0.1) is 0 Å². The van der Waals surface area contributed by atoms with E-state index in [4.69, 9.17) is 40.5 Å². The monoisotopic (exact) mass is 462 g/mol. The van der Waals surface area contributed by atoms with Crippen molar-refractivity contribution in [3.8, 4) is 16.9 Å². The number of nitrogens with zero attached hydrogens (tertiary/aromatic N) is 3. The van der Waals surface area contributed by atoms with Crippen LogP contribution in [0.15, 0.2) is 36.4 Å².